The van der Waals surface area contributed by atoms with Crippen molar-refractivity contribution in [1.82, 2.24) is 15.1 Å². The van der Waals surface area contributed by atoms with Crippen molar-refractivity contribution in [3.8, 4) is 17.0 Å². The number of carbonyl (C=O) groups excluding carboxylic acids is 1. The fourth-order valence-corrected chi connectivity index (χ4v) is 4.72. The van der Waals surface area contributed by atoms with E-state index in [9.17, 15) is 4.79 Å². The van der Waals surface area contributed by atoms with Crippen LogP contribution in [-0.2, 0) is 6.61 Å². The Bertz CT molecular complexity index is 1280. The summed E-state index contributed by atoms with van der Waals surface area (Å²) in [4.78, 5) is 15.4. The maximum absolute atomic E-state index is 13.4. The number of amides is 1. The summed E-state index contributed by atoms with van der Waals surface area (Å²) in [5.41, 5.74) is 6.83. The highest BCUT2D eigenvalue weighted by atomic mass is 16.5. The van der Waals surface area contributed by atoms with Gasteiger partial charge in [0.1, 0.15) is 18.1 Å². The van der Waals surface area contributed by atoms with Crippen LogP contribution in [0.1, 0.15) is 65.0 Å². The van der Waals surface area contributed by atoms with Gasteiger partial charge in [0.05, 0.1) is 11.7 Å². The Kier molecular flexibility index (Phi) is 6.66. The predicted molar refractivity (Wildman–Crippen MR) is 138 cm³/mol. The molecule has 35 heavy (non-hydrogen) atoms. The van der Waals surface area contributed by atoms with E-state index in [-0.39, 0.29) is 11.9 Å². The van der Waals surface area contributed by atoms with Crippen molar-refractivity contribution in [1.29, 1.82) is 0 Å². The van der Waals surface area contributed by atoms with E-state index in [4.69, 9.17) is 4.74 Å². The molecule has 1 unspecified atom stereocenters. The molecule has 1 aromatic heterocycles. The van der Waals surface area contributed by atoms with Gasteiger partial charge in [-0.2, -0.15) is 5.10 Å². The summed E-state index contributed by atoms with van der Waals surface area (Å²) in [5.74, 6) is 0.835. The number of fused-ring (bicyclic) bond motifs is 1. The lowest BCUT2D eigenvalue weighted by Crippen LogP contribution is -2.30. The minimum atomic E-state index is -0.174. The zero-order valence-corrected chi connectivity index (χ0v) is 20.3. The van der Waals surface area contributed by atoms with E-state index in [0.717, 1.165) is 59.5 Å². The molecule has 5 rings (SSSR count). The minimum Gasteiger partial charge on any atom is -0.489 e. The number of aromatic amines is 1. The van der Waals surface area contributed by atoms with Gasteiger partial charge in [0.25, 0.3) is 5.91 Å². The summed E-state index contributed by atoms with van der Waals surface area (Å²) < 4.78 is 6.00. The van der Waals surface area contributed by atoms with Crippen molar-refractivity contribution >= 4 is 5.91 Å². The van der Waals surface area contributed by atoms with Crippen molar-refractivity contribution in [2.45, 2.75) is 45.8 Å². The number of aryl methyl sites for hydroxylation is 1. The first-order valence-electron chi connectivity index (χ1n) is 12.4. The van der Waals surface area contributed by atoms with Gasteiger partial charge >= 0.3 is 0 Å². The van der Waals surface area contributed by atoms with Gasteiger partial charge < -0.3 is 9.64 Å². The van der Waals surface area contributed by atoms with Gasteiger partial charge in [0.15, 0.2) is 0 Å². The van der Waals surface area contributed by atoms with Crippen molar-refractivity contribution in [3.63, 3.8) is 0 Å². The standard InChI is InChI=1S/C30H31N3O2/c1-3-4-8-19-33-29(24-15-17-25(18-16-24)35-20-22-9-6-5-7-10-22)26-27(31-32-28(26)30(33)34)23-13-11-21(2)12-14-23/h5-7,9-18,29H,3-4,8,19-20H2,1-2H3,(H,31,32). The molecule has 0 saturated heterocycles. The van der Waals surface area contributed by atoms with Gasteiger partial charge in [-0.05, 0) is 36.6 Å². The number of benzene rings is 3. The summed E-state index contributed by atoms with van der Waals surface area (Å²) in [5, 5.41) is 7.63. The molecule has 1 aliphatic heterocycles. The minimum absolute atomic E-state index is 0.0244. The lowest BCUT2D eigenvalue weighted by Gasteiger charge is -2.26. The molecule has 4 aromatic rings. The number of ether oxygens (including phenoxy) is 1. The van der Waals surface area contributed by atoms with Gasteiger partial charge in [0, 0.05) is 17.7 Å². The zero-order chi connectivity index (χ0) is 24.2. The molecule has 178 valence electrons. The average molecular weight is 466 g/mol. The molecule has 2 heterocycles. The van der Waals surface area contributed by atoms with Crippen LogP contribution in [0.3, 0.4) is 0 Å². The second-order valence-electron chi connectivity index (χ2n) is 9.18. The predicted octanol–water partition coefficient (Wildman–Crippen LogP) is 6.70. The molecule has 0 spiro atoms. The van der Waals surface area contributed by atoms with Crippen molar-refractivity contribution in [3.05, 3.63) is 107 Å². The molecule has 5 nitrogen and oxygen atoms in total. The third-order valence-corrected chi connectivity index (χ3v) is 6.64. The van der Waals surface area contributed by atoms with Gasteiger partial charge in [-0.1, -0.05) is 92.1 Å². The van der Waals surface area contributed by atoms with Crippen LogP contribution in [0, 0.1) is 6.92 Å². The quantitative estimate of drug-likeness (QED) is 0.280. The van der Waals surface area contributed by atoms with Crippen molar-refractivity contribution in [2.75, 3.05) is 6.54 Å². The SMILES string of the molecule is CCCCCN1C(=O)c2[nH]nc(-c3ccc(C)cc3)c2C1c1ccc(OCc2ccccc2)cc1. The normalized spacial score (nSPS) is 14.9. The third-order valence-electron chi connectivity index (χ3n) is 6.64. The molecule has 1 aliphatic rings. The molecular formula is C30H31N3O2. The van der Waals surface area contributed by atoms with Crippen LogP contribution in [0.4, 0.5) is 0 Å². The van der Waals surface area contributed by atoms with E-state index in [0.29, 0.717) is 12.3 Å². The average Bonchev–Trinajstić information content (AvgIpc) is 3.43. The molecule has 1 atom stereocenters. The number of rotatable bonds is 9. The number of hydrogen-bond donors (Lipinski definition) is 1. The van der Waals surface area contributed by atoms with Gasteiger partial charge in [0.2, 0.25) is 0 Å². The first kappa shape index (κ1) is 22.9. The number of nitrogens with zero attached hydrogens (tertiary/aromatic N) is 2. The summed E-state index contributed by atoms with van der Waals surface area (Å²) >= 11 is 0. The van der Waals surface area contributed by atoms with E-state index in [2.05, 4.69) is 72.6 Å². The molecule has 0 saturated carbocycles. The Morgan fingerprint density at radius 2 is 1.69 bits per heavy atom. The summed E-state index contributed by atoms with van der Waals surface area (Å²) in [6.45, 7) is 5.50. The first-order chi connectivity index (χ1) is 17.2. The molecule has 3 aromatic carbocycles. The largest absolute Gasteiger partial charge is 0.489 e. The highest BCUT2D eigenvalue weighted by Crippen LogP contribution is 2.43. The lowest BCUT2D eigenvalue weighted by molar-refractivity contribution is 0.0740. The summed E-state index contributed by atoms with van der Waals surface area (Å²) in [7, 11) is 0. The molecule has 0 bridgehead atoms. The van der Waals surface area contributed by atoms with E-state index in [1.807, 2.05) is 35.2 Å². The summed E-state index contributed by atoms with van der Waals surface area (Å²) in [6, 6.07) is 26.4. The monoisotopic (exact) mass is 465 g/mol. The third kappa shape index (κ3) is 4.72. The van der Waals surface area contributed by atoms with E-state index in [1.165, 1.54) is 5.56 Å². The van der Waals surface area contributed by atoms with Crippen molar-refractivity contribution in [2.24, 2.45) is 0 Å². The fraction of sp³-hybridized carbons (Fsp3) is 0.267. The maximum atomic E-state index is 13.4. The van der Waals surface area contributed by atoms with E-state index >= 15 is 0 Å². The van der Waals surface area contributed by atoms with Crippen LogP contribution in [0.5, 0.6) is 5.75 Å². The van der Waals surface area contributed by atoms with Crippen LogP contribution < -0.4 is 4.74 Å². The fourth-order valence-electron chi connectivity index (χ4n) is 4.72. The topological polar surface area (TPSA) is 58.2 Å². The maximum Gasteiger partial charge on any atom is 0.273 e. The number of aromatic nitrogens is 2. The molecule has 1 N–H and O–H groups in total. The number of nitrogens with one attached hydrogen (secondary N) is 1. The number of H-pyrrole nitrogens is 1. The Labute approximate surface area is 206 Å². The Hall–Kier alpha value is -3.86. The molecule has 5 heteroatoms. The van der Waals surface area contributed by atoms with E-state index < -0.39 is 0 Å². The Balaban J connectivity index is 1.46. The molecule has 0 fully saturated rings. The Morgan fingerprint density at radius 1 is 0.943 bits per heavy atom. The zero-order valence-electron chi connectivity index (χ0n) is 20.3. The highest BCUT2D eigenvalue weighted by Gasteiger charge is 2.41. The second kappa shape index (κ2) is 10.2. The van der Waals surface area contributed by atoms with Gasteiger partial charge in [-0.15, -0.1) is 0 Å². The highest BCUT2D eigenvalue weighted by molar-refractivity contribution is 6.00. The Morgan fingerprint density at radius 3 is 2.40 bits per heavy atom. The second-order valence-corrected chi connectivity index (χ2v) is 9.18. The number of carbonyl (C=O) groups is 1. The number of unbranched alkanes of at least 4 members (excludes halogenated alkanes) is 2. The van der Waals surface area contributed by atoms with Crippen LogP contribution >= 0.6 is 0 Å². The molecular weight excluding hydrogens is 434 g/mol. The van der Waals surface area contributed by atoms with Crippen molar-refractivity contribution < 1.29 is 9.53 Å². The number of hydrogen-bond acceptors (Lipinski definition) is 3. The molecule has 0 aliphatic carbocycles. The van der Waals surface area contributed by atoms with Crippen LogP contribution in [-0.4, -0.2) is 27.5 Å². The molecule has 1 amide bonds. The van der Waals surface area contributed by atoms with Crippen LogP contribution in [0.25, 0.3) is 11.3 Å². The van der Waals surface area contributed by atoms with E-state index in [1.54, 1.807) is 0 Å². The van der Waals surface area contributed by atoms with Gasteiger partial charge in [-0.3, -0.25) is 9.89 Å². The summed E-state index contributed by atoms with van der Waals surface area (Å²) in [6.07, 6.45) is 3.19. The van der Waals surface area contributed by atoms with Crippen LogP contribution in [0.2, 0.25) is 0 Å². The first-order valence-corrected chi connectivity index (χ1v) is 12.4. The smallest absolute Gasteiger partial charge is 0.273 e. The van der Waals surface area contributed by atoms with Gasteiger partial charge in [-0.25, -0.2) is 0 Å². The van der Waals surface area contributed by atoms with Crippen LogP contribution in [0.15, 0.2) is 78.9 Å². The lowest BCUT2D eigenvalue weighted by atomic mass is 9.95. The molecule has 0 radical (unpaired) electrons.